The summed E-state index contributed by atoms with van der Waals surface area (Å²) >= 11 is 6.66. The first kappa shape index (κ1) is 26.8. The number of aryl methyl sites for hydroxylation is 1. The minimum absolute atomic E-state index is 0.00761. The number of rotatable bonds is 8. The molecule has 1 fully saturated rings. The third-order valence-corrected chi connectivity index (χ3v) is 8.39. The minimum atomic E-state index is -4.15. The first-order valence-electron chi connectivity index (χ1n) is 11.9. The van der Waals surface area contributed by atoms with Gasteiger partial charge in [0, 0.05) is 10.6 Å². The first-order chi connectivity index (χ1) is 18.7. The zero-order valence-corrected chi connectivity index (χ0v) is 23.1. The summed E-state index contributed by atoms with van der Waals surface area (Å²) in [5.74, 6) is 0.117. The molecule has 0 aliphatic carbocycles. The van der Waals surface area contributed by atoms with E-state index in [1.54, 1.807) is 60.7 Å². The summed E-state index contributed by atoms with van der Waals surface area (Å²) in [4.78, 5) is 27.1. The van der Waals surface area contributed by atoms with Gasteiger partial charge in [-0.05, 0) is 78.0 Å². The van der Waals surface area contributed by atoms with Gasteiger partial charge in [-0.15, -0.1) is 0 Å². The molecular weight excluding hydrogens is 558 g/mol. The number of carbonyl (C=O) groups excluding carboxylic acids is 2. The Bertz CT molecular complexity index is 1700. The Morgan fingerprint density at radius 1 is 0.923 bits per heavy atom. The van der Waals surface area contributed by atoms with E-state index in [2.05, 4.69) is 0 Å². The monoisotopic (exact) mass is 579 g/mol. The number of thioether (sulfide) groups is 1. The normalized spacial score (nSPS) is 14.8. The molecule has 10 heteroatoms. The molecule has 1 heterocycles. The molecule has 0 radical (unpaired) electrons. The van der Waals surface area contributed by atoms with E-state index in [0.717, 1.165) is 27.6 Å². The van der Waals surface area contributed by atoms with E-state index in [4.69, 9.17) is 20.5 Å². The number of imide groups is 1. The molecule has 198 valence electrons. The lowest BCUT2D eigenvalue weighted by molar-refractivity contribution is -0.123. The second-order valence-corrected chi connectivity index (χ2v) is 11.7. The third-order valence-electron chi connectivity index (χ3n) is 5.99. The Labute approximate surface area is 235 Å². The fourth-order valence-electron chi connectivity index (χ4n) is 3.98. The van der Waals surface area contributed by atoms with E-state index in [9.17, 15) is 18.0 Å². The molecule has 0 bridgehead atoms. The van der Waals surface area contributed by atoms with E-state index in [1.165, 1.54) is 18.2 Å². The van der Waals surface area contributed by atoms with Crippen LogP contribution in [0.2, 0.25) is 5.02 Å². The number of fused-ring (bicyclic) bond motifs is 1. The van der Waals surface area contributed by atoms with Crippen LogP contribution in [0.4, 0.5) is 4.79 Å². The largest absolute Gasteiger partial charge is 0.492 e. The van der Waals surface area contributed by atoms with Gasteiger partial charge in [0.05, 0.1) is 11.4 Å². The summed E-state index contributed by atoms with van der Waals surface area (Å²) < 4.78 is 37.3. The lowest BCUT2D eigenvalue weighted by atomic mass is 10.0. The van der Waals surface area contributed by atoms with Gasteiger partial charge in [0.15, 0.2) is 5.75 Å². The Balaban J connectivity index is 1.43. The summed E-state index contributed by atoms with van der Waals surface area (Å²) in [7, 11) is -4.15. The van der Waals surface area contributed by atoms with Gasteiger partial charge in [0.2, 0.25) is 0 Å². The van der Waals surface area contributed by atoms with Gasteiger partial charge in [-0.25, -0.2) is 0 Å². The van der Waals surface area contributed by atoms with Gasteiger partial charge < -0.3 is 8.92 Å². The molecule has 5 rings (SSSR count). The predicted molar refractivity (Wildman–Crippen MR) is 153 cm³/mol. The lowest BCUT2D eigenvalue weighted by Gasteiger charge is -2.14. The number of halogens is 1. The number of hydrogen-bond donors (Lipinski definition) is 0. The van der Waals surface area contributed by atoms with Crippen LogP contribution in [0.1, 0.15) is 11.1 Å². The molecule has 1 aliphatic rings. The number of hydrogen-bond acceptors (Lipinski definition) is 7. The zero-order valence-electron chi connectivity index (χ0n) is 20.7. The van der Waals surface area contributed by atoms with E-state index >= 15 is 0 Å². The van der Waals surface area contributed by atoms with Crippen LogP contribution < -0.4 is 8.92 Å². The summed E-state index contributed by atoms with van der Waals surface area (Å²) in [6.45, 7) is 2.01. The SMILES string of the molecule is Cc1ccc(S(=O)(=O)Oc2ccc3ccccc3c2/C=C2\SC(=O)N(CCOc3ccc(Cl)cc3)C2=O)cc1. The number of benzene rings is 4. The average Bonchev–Trinajstić information content (AvgIpc) is 3.18. The van der Waals surface area contributed by atoms with Gasteiger partial charge in [-0.1, -0.05) is 59.6 Å². The van der Waals surface area contributed by atoms with Crippen LogP contribution in [0, 0.1) is 6.92 Å². The fraction of sp³-hybridized carbons (Fsp3) is 0.103. The van der Waals surface area contributed by atoms with Gasteiger partial charge in [-0.3, -0.25) is 14.5 Å². The Hall–Kier alpha value is -3.79. The van der Waals surface area contributed by atoms with Crippen molar-refractivity contribution in [2.45, 2.75) is 11.8 Å². The molecule has 0 aromatic heterocycles. The van der Waals surface area contributed by atoms with Crippen LogP contribution in [0.3, 0.4) is 0 Å². The van der Waals surface area contributed by atoms with E-state index in [1.807, 2.05) is 19.1 Å². The second-order valence-electron chi connectivity index (χ2n) is 8.68. The molecule has 7 nitrogen and oxygen atoms in total. The van der Waals surface area contributed by atoms with Crippen molar-refractivity contribution in [3.63, 3.8) is 0 Å². The third kappa shape index (κ3) is 5.95. The van der Waals surface area contributed by atoms with Gasteiger partial charge in [0.1, 0.15) is 17.3 Å². The van der Waals surface area contributed by atoms with Crippen molar-refractivity contribution < 1.29 is 26.9 Å². The van der Waals surface area contributed by atoms with Gasteiger partial charge >= 0.3 is 10.1 Å². The Morgan fingerprint density at radius 2 is 1.64 bits per heavy atom. The maximum Gasteiger partial charge on any atom is 0.339 e. The standard InChI is InChI=1S/C29H22ClNO6S2/c1-19-6-13-23(14-7-19)39(34,35)37-26-15-8-20-4-2-3-5-24(20)25(26)18-27-28(32)31(29(33)38-27)16-17-36-22-11-9-21(30)10-12-22/h2-15,18H,16-17H2,1H3/b27-18-. The molecule has 0 spiro atoms. The fourth-order valence-corrected chi connectivity index (χ4v) is 5.90. The molecule has 0 N–H and O–H groups in total. The maximum atomic E-state index is 13.2. The molecule has 4 aromatic carbocycles. The van der Waals surface area contributed by atoms with Gasteiger partial charge in [0.25, 0.3) is 11.1 Å². The number of ether oxygens (including phenoxy) is 1. The zero-order chi connectivity index (χ0) is 27.6. The highest BCUT2D eigenvalue weighted by molar-refractivity contribution is 8.18. The van der Waals surface area contributed by atoms with Crippen molar-refractivity contribution in [3.05, 3.63) is 106 Å². The van der Waals surface area contributed by atoms with E-state index in [0.29, 0.717) is 21.7 Å². The van der Waals surface area contributed by atoms with Crippen molar-refractivity contribution in [3.8, 4) is 11.5 Å². The Morgan fingerprint density at radius 3 is 2.38 bits per heavy atom. The second kappa shape index (κ2) is 11.1. The highest BCUT2D eigenvalue weighted by Gasteiger charge is 2.35. The lowest BCUT2D eigenvalue weighted by Crippen LogP contribution is -2.32. The molecule has 39 heavy (non-hydrogen) atoms. The van der Waals surface area contributed by atoms with Crippen molar-refractivity contribution in [1.82, 2.24) is 4.90 Å². The molecule has 0 atom stereocenters. The van der Waals surface area contributed by atoms with Crippen LogP contribution in [0.15, 0.2) is 94.7 Å². The summed E-state index contributed by atoms with van der Waals surface area (Å²) in [5, 5.41) is 1.62. The van der Waals surface area contributed by atoms with Crippen LogP contribution >= 0.6 is 23.4 Å². The van der Waals surface area contributed by atoms with Crippen LogP contribution in [0.25, 0.3) is 16.8 Å². The van der Waals surface area contributed by atoms with Gasteiger partial charge in [-0.2, -0.15) is 8.42 Å². The number of amides is 2. The van der Waals surface area contributed by atoms with Crippen molar-refractivity contribution in [2.75, 3.05) is 13.2 Å². The minimum Gasteiger partial charge on any atom is -0.492 e. The number of nitrogens with zero attached hydrogens (tertiary/aromatic N) is 1. The maximum absolute atomic E-state index is 13.2. The van der Waals surface area contributed by atoms with Crippen molar-refractivity contribution in [1.29, 1.82) is 0 Å². The molecule has 0 unspecified atom stereocenters. The van der Waals surface area contributed by atoms with Crippen LogP contribution in [-0.2, 0) is 14.9 Å². The molecular formula is C29H22ClNO6S2. The predicted octanol–water partition coefficient (Wildman–Crippen LogP) is 6.68. The topological polar surface area (TPSA) is 90.0 Å². The molecule has 1 aliphatic heterocycles. The van der Waals surface area contributed by atoms with Crippen molar-refractivity contribution >= 4 is 61.5 Å². The molecule has 4 aromatic rings. The number of carbonyl (C=O) groups is 2. The quantitative estimate of drug-likeness (QED) is 0.170. The first-order valence-corrected chi connectivity index (χ1v) is 14.5. The van der Waals surface area contributed by atoms with E-state index in [-0.39, 0.29) is 28.7 Å². The van der Waals surface area contributed by atoms with Crippen molar-refractivity contribution in [2.24, 2.45) is 0 Å². The smallest absolute Gasteiger partial charge is 0.339 e. The summed E-state index contributed by atoms with van der Waals surface area (Å²) in [6.07, 6.45) is 1.51. The van der Waals surface area contributed by atoms with Crippen LogP contribution in [-0.4, -0.2) is 37.6 Å². The average molecular weight is 580 g/mol. The van der Waals surface area contributed by atoms with Crippen LogP contribution in [0.5, 0.6) is 11.5 Å². The highest BCUT2D eigenvalue weighted by Crippen LogP contribution is 2.37. The molecule has 1 saturated heterocycles. The molecule has 0 saturated carbocycles. The highest BCUT2D eigenvalue weighted by atomic mass is 35.5. The Kier molecular flexibility index (Phi) is 7.65. The molecule has 2 amide bonds. The van der Waals surface area contributed by atoms with E-state index < -0.39 is 21.3 Å². The summed E-state index contributed by atoms with van der Waals surface area (Å²) in [5.41, 5.74) is 1.29. The summed E-state index contributed by atoms with van der Waals surface area (Å²) in [6, 6.07) is 23.7.